The summed E-state index contributed by atoms with van der Waals surface area (Å²) in [5.74, 6) is -6.02. The second kappa shape index (κ2) is 24.2. The van der Waals surface area contributed by atoms with Crippen LogP contribution in [0.5, 0.6) is 11.8 Å². The molecule has 0 spiro atoms. The number of carbonyl (C=O) groups excluding carboxylic acids is 2. The molecule has 14 rings (SSSR count). The molecule has 0 saturated carbocycles. The number of pyridine rings is 2. The van der Waals surface area contributed by atoms with Gasteiger partial charge in [-0.1, -0.05) is 24.3 Å². The molecule has 0 aliphatic carbocycles. The molecule has 6 atom stereocenters. The Kier molecular flexibility index (Phi) is 15.6. The average Bonchev–Trinajstić information content (AvgIpc) is 1.66. The van der Waals surface area contributed by atoms with Gasteiger partial charge in [-0.25, -0.2) is 55.9 Å². The Hall–Kier alpha value is -10.3. The summed E-state index contributed by atoms with van der Waals surface area (Å²) in [6.45, 7) is 1.36. The zero-order valence-electron chi connectivity index (χ0n) is 47.8. The van der Waals surface area contributed by atoms with Gasteiger partial charge in [0.15, 0.2) is 0 Å². The number of esters is 2. The van der Waals surface area contributed by atoms with Gasteiger partial charge in [0.25, 0.3) is 0 Å². The summed E-state index contributed by atoms with van der Waals surface area (Å²) in [7, 11) is 0. The quantitative estimate of drug-likeness (QED) is 0.0501. The van der Waals surface area contributed by atoms with Crippen LogP contribution < -0.4 is 9.47 Å². The van der Waals surface area contributed by atoms with Gasteiger partial charge in [-0.2, -0.15) is 10.5 Å². The minimum Gasteiger partial charge on any atom is -0.473 e. The van der Waals surface area contributed by atoms with E-state index in [0.29, 0.717) is 60.1 Å². The maximum atomic E-state index is 16.4. The number of halogens is 6. The highest BCUT2D eigenvalue weighted by Crippen LogP contribution is 2.42. The minimum atomic E-state index is -1.00. The van der Waals surface area contributed by atoms with Crippen LogP contribution in [-0.4, -0.2) is 92.9 Å². The first-order valence-electron chi connectivity index (χ1n) is 28.9. The SMILES string of the molecule is N#Cc1ccc(COc2cccc(-c3cc(F)c(Cc4nc5ccc(C(=O)OC(=O)c6ccc7nc(Cc8cc(F)c(-c9cccc(OCc%10ccc(C#N)cc%10F)n9)cc8F)n([C@@H]8CO[C@H]9COC[C@H]98)c7c6)cc5n4[C@@H]4CO[C@H]5COC[C@H]54)cc3F)n2)c(F)c1. The van der Waals surface area contributed by atoms with E-state index in [2.05, 4.69) is 9.97 Å². The molecule has 4 aliphatic heterocycles. The summed E-state index contributed by atoms with van der Waals surface area (Å²) in [6, 6.07) is 33.1. The fraction of sp³-hybridized carbons (Fsp3) is 0.235. The highest BCUT2D eigenvalue weighted by Gasteiger charge is 2.45. The number of fused-ring (bicyclic) bond motifs is 4. The molecule has 6 aromatic carbocycles. The van der Waals surface area contributed by atoms with E-state index in [1.165, 1.54) is 84.9 Å². The number of nitrogens with zero attached hydrogens (tertiary/aromatic N) is 8. The van der Waals surface area contributed by atoms with Crippen molar-refractivity contribution < 1.29 is 69.1 Å². The van der Waals surface area contributed by atoms with Crippen LogP contribution in [0.3, 0.4) is 0 Å². The molecule has 8 heterocycles. The number of nitriles is 2. The van der Waals surface area contributed by atoms with Crippen molar-refractivity contribution in [2.24, 2.45) is 11.8 Å². The number of hydrogen-bond donors (Lipinski definition) is 0. The van der Waals surface area contributed by atoms with Gasteiger partial charge in [-0.15, -0.1) is 0 Å². The third-order valence-electron chi connectivity index (χ3n) is 17.0. The van der Waals surface area contributed by atoms with E-state index in [1.54, 1.807) is 12.1 Å². The van der Waals surface area contributed by atoms with Gasteiger partial charge >= 0.3 is 11.9 Å². The number of carbonyl (C=O) groups is 2. The lowest BCUT2D eigenvalue weighted by molar-refractivity contribution is 0.0397. The third-order valence-corrected chi connectivity index (χ3v) is 17.0. The van der Waals surface area contributed by atoms with Crippen molar-refractivity contribution in [1.29, 1.82) is 10.5 Å². The van der Waals surface area contributed by atoms with E-state index in [9.17, 15) is 18.4 Å². The standard InChI is InChI=1S/C68H48F6N8O9/c69-47-15-35(25-75)7-9-39(47)27-89-65-5-1-3-53(79-65)43-23-49(71)41(17-51(43)73)21-63-77-55-13-11-37(19-57(55)81(63)59-31-87-61-33-85-29-45(59)61)67(83)91-68(84)38-12-14-56-58(20-38)82(60-32-88-62-34-86-30-46(60)62)64(78-56)22-42-18-52(74)44(24-50(42)72)54-4-2-6-66(80-54)90-28-40-10-8-36(26-76)16-48(40)70/h1-20,23-24,45-46,59-62H,21-22,27-34H2/t45-,46-,59+,60+,61-,62-/m0/s1. The van der Waals surface area contributed by atoms with Crippen LogP contribution >= 0.6 is 0 Å². The predicted octanol–water partition coefficient (Wildman–Crippen LogP) is 11.6. The Morgan fingerprint density at radius 1 is 0.484 bits per heavy atom. The normalized spacial score (nSPS) is 19.1. The van der Waals surface area contributed by atoms with Gasteiger partial charge in [0, 0.05) is 59.1 Å². The van der Waals surface area contributed by atoms with Crippen LogP contribution in [0.1, 0.15) is 77.8 Å². The Morgan fingerprint density at radius 3 is 1.35 bits per heavy atom. The molecule has 0 N–H and O–H groups in total. The Bertz CT molecular complexity index is 4390. The minimum absolute atomic E-state index is 0.0220. The zero-order chi connectivity index (χ0) is 62.6. The van der Waals surface area contributed by atoms with Crippen LogP contribution in [0.4, 0.5) is 26.3 Å². The largest absolute Gasteiger partial charge is 0.473 e. The first-order chi connectivity index (χ1) is 44.2. The highest BCUT2D eigenvalue weighted by molar-refractivity contribution is 6.05. The van der Waals surface area contributed by atoms with Crippen LogP contribution in [0.15, 0.2) is 133 Å². The molecule has 4 aromatic heterocycles. The van der Waals surface area contributed by atoms with Gasteiger partial charge in [-0.3, -0.25) is 0 Å². The van der Waals surface area contributed by atoms with E-state index in [0.717, 1.165) is 36.4 Å². The van der Waals surface area contributed by atoms with E-state index >= 15 is 17.6 Å². The lowest BCUT2D eigenvalue weighted by Gasteiger charge is -2.21. The topological polar surface area (TPSA) is 208 Å². The predicted molar refractivity (Wildman–Crippen MR) is 311 cm³/mol. The van der Waals surface area contributed by atoms with Crippen molar-refractivity contribution in [3.8, 4) is 46.4 Å². The Labute approximate surface area is 513 Å². The number of aromatic nitrogens is 6. The van der Waals surface area contributed by atoms with Crippen molar-refractivity contribution >= 4 is 34.0 Å². The van der Waals surface area contributed by atoms with E-state index in [1.807, 2.05) is 21.3 Å². The van der Waals surface area contributed by atoms with Crippen molar-refractivity contribution in [3.05, 3.63) is 225 Å². The fourth-order valence-corrected chi connectivity index (χ4v) is 12.4. The smallest absolute Gasteiger partial charge is 0.346 e. The zero-order valence-corrected chi connectivity index (χ0v) is 47.8. The Morgan fingerprint density at radius 2 is 0.923 bits per heavy atom. The highest BCUT2D eigenvalue weighted by atomic mass is 19.1. The lowest BCUT2D eigenvalue weighted by Crippen LogP contribution is -2.23. The third kappa shape index (κ3) is 11.4. The molecule has 23 heteroatoms. The summed E-state index contributed by atoms with van der Waals surface area (Å²) in [4.78, 5) is 46.8. The molecule has 0 unspecified atom stereocenters. The molecular weight excluding hydrogens is 1190 g/mol. The molecule has 4 aliphatic rings. The van der Waals surface area contributed by atoms with Gasteiger partial charge in [-0.05, 0) is 108 Å². The van der Waals surface area contributed by atoms with Crippen molar-refractivity contribution in [1.82, 2.24) is 29.1 Å². The van der Waals surface area contributed by atoms with E-state index in [4.69, 9.17) is 53.6 Å². The molecule has 10 aromatic rings. The van der Waals surface area contributed by atoms with Crippen LogP contribution in [-0.2, 0) is 49.7 Å². The van der Waals surface area contributed by atoms with Crippen molar-refractivity contribution in [3.63, 3.8) is 0 Å². The van der Waals surface area contributed by atoms with Crippen molar-refractivity contribution in [2.45, 2.75) is 50.3 Å². The van der Waals surface area contributed by atoms with E-state index < -0.39 is 58.9 Å². The van der Waals surface area contributed by atoms with Crippen LogP contribution in [0.25, 0.3) is 44.6 Å². The molecule has 0 bridgehead atoms. The molecule has 4 fully saturated rings. The molecule has 456 valence electrons. The molecule has 0 amide bonds. The summed E-state index contributed by atoms with van der Waals surface area (Å²) >= 11 is 0. The monoisotopic (exact) mass is 1230 g/mol. The number of ether oxygens (including phenoxy) is 7. The summed E-state index contributed by atoms with van der Waals surface area (Å²) < 4.78 is 139. The summed E-state index contributed by atoms with van der Waals surface area (Å²) in [6.07, 6.45) is -0.899. The molecule has 0 radical (unpaired) electrons. The molecule has 17 nitrogen and oxygen atoms in total. The van der Waals surface area contributed by atoms with Gasteiger partial charge in [0.2, 0.25) is 11.8 Å². The molecule has 4 saturated heterocycles. The lowest BCUT2D eigenvalue weighted by atomic mass is 9.99. The maximum Gasteiger partial charge on any atom is 0.346 e. The number of rotatable bonds is 16. The van der Waals surface area contributed by atoms with Crippen LogP contribution in [0, 0.1) is 69.4 Å². The molecular formula is C68H48F6N8O9. The number of benzene rings is 6. The van der Waals surface area contributed by atoms with Gasteiger partial charge in [0.05, 0.1) is 132 Å². The first-order valence-corrected chi connectivity index (χ1v) is 28.9. The summed E-state index contributed by atoms with van der Waals surface area (Å²) in [5, 5.41) is 18.2. The molecule has 91 heavy (non-hydrogen) atoms. The second-order valence-electron chi connectivity index (χ2n) is 22.5. The average molecular weight is 1240 g/mol. The summed E-state index contributed by atoms with van der Waals surface area (Å²) in [5.41, 5.74) is 1.96. The van der Waals surface area contributed by atoms with Crippen LogP contribution in [0.2, 0.25) is 0 Å². The Balaban J connectivity index is 0.716. The van der Waals surface area contributed by atoms with E-state index in [-0.39, 0.29) is 142 Å². The van der Waals surface area contributed by atoms with Gasteiger partial charge < -0.3 is 42.3 Å². The maximum absolute atomic E-state index is 16.4. The first kappa shape index (κ1) is 58.4. The van der Waals surface area contributed by atoms with Gasteiger partial charge in [0.1, 0.15) is 59.8 Å². The number of imidazole rings is 2. The fourth-order valence-electron chi connectivity index (χ4n) is 12.4. The second-order valence-corrected chi connectivity index (χ2v) is 22.5. The van der Waals surface area contributed by atoms with Crippen molar-refractivity contribution in [2.75, 3.05) is 39.6 Å². The number of hydrogen-bond acceptors (Lipinski definition) is 15.